The summed E-state index contributed by atoms with van der Waals surface area (Å²) in [7, 11) is 0. The molecular formula is C13H13F3N2O3. The number of carbonyl (C=O) groups excluding carboxylic acids is 1. The van der Waals surface area contributed by atoms with E-state index in [-0.39, 0.29) is 11.3 Å². The fourth-order valence-corrected chi connectivity index (χ4v) is 1.47. The van der Waals surface area contributed by atoms with Crippen LogP contribution in [0.5, 0.6) is 0 Å². The molecule has 1 amide bonds. The minimum atomic E-state index is -4.47. The topological polar surface area (TPSA) is 79.3 Å². The standard InChI is InChI=1S/C13H13F3N2O3/c1-7(12(20)21)5-11(19)18-8(2)10-4-3-9(6-17-10)13(14,15)16/h3-4,6,8H,1,5H2,2H3,(H,18,19)(H,20,21). The van der Waals surface area contributed by atoms with Crippen LogP contribution in [0.2, 0.25) is 0 Å². The van der Waals surface area contributed by atoms with Crippen LogP contribution < -0.4 is 5.32 Å². The van der Waals surface area contributed by atoms with Crippen LogP contribution in [0.1, 0.15) is 30.6 Å². The van der Waals surface area contributed by atoms with Crippen LogP contribution in [0.4, 0.5) is 13.2 Å². The van der Waals surface area contributed by atoms with E-state index in [0.717, 1.165) is 12.1 Å². The lowest BCUT2D eigenvalue weighted by Gasteiger charge is -2.14. The minimum absolute atomic E-state index is 0.234. The third kappa shape index (κ3) is 4.90. The number of nitrogens with zero attached hydrogens (tertiary/aromatic N) is 1. The van der Waals surface area contributed by atoms with Gasteiger partial charge in [-0.3, -0.25) is 9.78 Å². The molecular weight excluding hydrogens is 289 g/mol. The van der Waals surface area contributed by atoms with Gasteiger partial charge in [0.25, 0.3) is 0 Å². The molecule has 1 heterocycles. The van der Waals surface area contributed by atoms with E-state index in [1.807, 2.05) is 0 Å². The Bertz CT molecular complexity index is 553. The van der Waals surface area contributed by atoms with Gasteiger partial charge < -0.3 is 10.4 Å². The highest BCUT2D eigenvalue weighted by molar-refractivity contribution is 5.93. The van der Waals surface area contributed by atoms with Gasteiger partial charge in [0.2, 0.25) is 5.91 Å². The first-order valence-electron chi connectivity index (χ1n) is 5.85. The minimum Gasteiger partial charge on any atom is -0.478 e. The summed E-state index contributed by atoms with van der Waals surface area (Å²) in [6, 6.07) is 1.36. The molecule has 0 radical (unpaired) electrons. The summed E-state index contributed by atoms with van der Waals surface area (Å²) in [6.45, 7) is 4.74. The lowest BCUT2D eigenvalue weighted by atomic mass is 10.1. The molecule has 0 aromatic carbocycles. The molecule has 0 fully saturated rings. The number of nitrogens with one attached hydrogen (secondary N) is 1. The van der Waals surface area contributed by atoms with Crippen molar-refractivity contribution in [1.29, 1.82) is 0 Å². The van der Waals surface area contributed by atoms with Crippen LogP contribution in [-0.4, -0.2) is 22.0 Å². The number of carbonyl (C=O) groups is 2. The molecule has 1 unspecified atom stereocenters. The summed E-state index contributed by atoms with van der Waals surface area (Å²) in [5, 5.41) is 11.0. The number of rotatable bonds is 5. The van der Waals surface area contributed by atoms with E-state index in [9.17, 15) is 22.8 Å². The Hall–Kier alpha value is -2.38. The summed E-state index contributed by atoms with van der Waals surface area (Å²) >= 11 is 0. The van der Waals surface area contributed by atoms with Gasteiger partial charge in [-0.15, -0.1) is 0 Å². The van der Waals surface area contributed by atoms with Crippen molar-refractivity contribution in [1.82, 2.24) is 10.3 Å². The molecule has 21 heavy (non-hydrogen) atoms. The molecule has 1 aromatic heterocycles. The predicted octanol–water partition coefficient (Wildman–Crippen LogP) is 2.31. The van der Waals surface area contributed by atoms with E-state index in [1.54, 1.807) is 0 Å². The van der Waals surface area contributed by atoms with Crippen LogP contribution in [0.15, 0.2) is 30.5 Å². The number of aromatic nitrogens is 1. The fourth-order valence-electron chi connectivity index (χ4n) is 1.47. The first kappa shape index (κ1) is 16.7. The van der Waals surface area contributed by atoms with Crippen molar-refractivity contribution in [2.75, 3.05) is 0 Å². The van der Waals surface area contributed by atoms with Crippen molar-refractivity contribution in [3.05, 3.63) is 41.7 Å². The van der Waals surface area contributed by atoms with Gasteiger partial charge in [0, 0.05) is 11.8 Å². The summed E-state index contributed by atoms with van der Waals surface area (Å²) in [6.07, 6.45) is -4.20. The van der Waals surface area contributed by atoms with Crippen LogP contribution in [0.3, 0.4) is 0 Å². The van der Waals surface area contributed by atoms with Crippen molar-refractivity contribution in [3.8, 4) is 0 Å². The number of carboxylic acids is 1. The highest BCUT2D eigenvalue weighted by Gasteiger charge is 2.30. The molecule has 5 nitrogen and oxygen atoms in total. The molecule has 1 aromatic rings. The number of halogens is 3. The Morgan fingerprint density at radius 3 is 2.48 bits per heavy atom. The summed E-state index contributed by atoms with van der Waals surface area (Å²) in [4.78, 5) is 25.7. The number of hydrogen-bond donors (Lipinski definition) is 2. The van der Waals surface area contributed by atoms with Crippen molar-refractivity contribution < 1.29 is 27.9 Å². The Kier molecular flexibility index (Phi) is 5.07. The normalized spacial score (nSPS) is 12.6. The fraction of sp³-hybridized carbons (Fsp3) is 0.308. The smallest absolute Gasteiger partial charge is 0.417 e. The number of hydrogen-bond acceptors (Lipinski definition) is 3. The molecule has 0 aliphatic rings. The highest BCUT2D eigenvalue weighted by atomic mass is 19.4. The van der Waals surface area contributed by atoms with Crippen LogP contribution >= 0.6 is 0 Å². The molecule has 0 aliphatic heterocycles. The molecule has 0 saturated carbocycles. The third-order valence-electron chi connectivity index (χ3n) is 2.61. The lowest BCUT2D eigenvalue weighted by molar-refractivity contribution is -0.138. The molecule has 1 rings (SSSR count). The molecule has 2 N–H and O–H groups in total. The molecule has 0 saturated heterocycles. The second-order valence-electron chi connectivity index (χ2n) is 4.34. The van der Waals surface area contributed by atoms with Crippen LogP contribution in [0, 0.1) is 0 Å². The number of carboxylic acid groups (broad SMARTS) is 1. The monoisotopic (exact) mass is 302 g/mol. The largest absolute Gasteiger partial charge is 0.478 e. The molecule has 8 heteroatoms. The molecule has 1 atom stereocenters. The zero-order valence-corrected chi connectivity index (χ0v) is 11.1. The molecule has 0 aliphatic carbocycles. The number of alkyl halides is 3. The lowest BCUT2D eigenvalue weighted by Crippen LogP contribution is -2.28. The second kappa shape index (κ2) is 6.38. The van der Waals surface area contributed by atoms with E-state index < -0.39 is 36.1 Å². The van der Waals surface area contributed by atoms with Crippen molar-refractivity contribution in [2.45, 2.75) is 25.6 Å². The van der Waals surface area contributed by atoms with Gasteiger partial charge in [0.15, 0.2) is 0 Å². The van der Waals surface area contributed by atoms with Crippen LogP contribution in [-0.2, 0) is 15.8 Å². The van der Waals surface area contributed by atoms with E-state index in [4.69, 9.17) is 5.11 Å². The van der Waals surface area contributed by atoms with Crippen LogP contribution in [0.25, 0.3) is 0 Å². The quantitative estimate of drug-likeness (QED) is 0.818. The van der Waals surface area contributed by atoms with E-state index in [0.29, 0.717) is 6.20 Å². The van der Waals surface area contributed by atoms with Gasteiger partial charge in [-0.2, -0.15) is 13.2 Å². The maximum Gasteiger partial charge on any atom is 0.417 e. The first-order chi connectivity index (χ1) is 9.61. The predicted molar refractivity (Wildman–Crippen MR) is 67.2 cm³/mol. The van der Waals surface area contributed by atoms with E-state index >= 15 is 0 Å². The van der Waals surface area contributed by atoms with E-state index in [2.05, 4.69) is 16.9 Å². The second-order valence-corrected chi connectivity index (χ2v) is 4.34. The Morgan fingerprint density at radius 2 is 2.05 bits per heavy atom. The number of aliphatic carboxylic acids is 1. The van der Waals surface area contributed by atoms with Gasteiger partial charge in [-0.05, 0) is 19.1 Å². The maximum atomic E-state index is 12.4. The molecule has 0 spiro atoms. The van der Waals surface area contributed by atoms with Gasteiger partial charge in [0.05, 0.1) is 23.7 Å². The Labute approximate surface area is 118 Å². The Balaban J connectivity index is 2.68. The zero-order chi connectivity index (χ0) is 16.2. The maximum absolute atomic E-state index is 12.4. The molecule has 114 valence electrons. The average Bonchev–Trinajstić information content (AvgIpc) is 2.37. The summed E-state index contributed by atoms with van der Waals surface area (Å²) in [5.74, 6) is -1.89. The molecule has 0 bridgehead atoms. The summed E-state index contributed by atoms with van der Waals surface area (Å²) in [5.41, 5.74) is -0.929. The first-order valence-corrected chi connectivity index (χ1v) is 5.85. The summed E-state index contributed by atoms with van der Waals surface area (Å²) < 4.78 is 37.1. The number of pyridine rings is 1. The average molecular weight is 302 g/mol. The Morgan fingerprint density at radius 1 is 1.43 bits per heavy atom. The van der Waals surface area contributed by atoms with Crippen molar-refractivity contribution in [3.63, 3.8) is 0 Å². The third-order valence-corrected chi connectivity index (χ3v) is 2.61. The zero-order valence-electron chi connectivity index (χ0n) is 11.1. The number of amides is 1. The van der Waals surface area contributed by atoms with Crippen molar-refractivity contribution in [2.24, 2.45) is 0 Å². The van der Waals surface area contributed by atoms with Gasteiger partial charge in [-0.1, -0.05) is 6.58 Å². The van der Waals surface area contributed by atoms with E-state index in [1.165, 1.54) is 6.92 Å². The SMILES string of the molecule is C=C(CC(=O)NC(C)c1ccc(C(F)(F)F)cn1)C(=O)O. The highest BCUT2D eigenvalue weighted by Crippen LogP contribution is 2.28. The van der Waals surface area contributed by atoms with Gasteiger partial charge in [0.1, 0.15) is 0 Å². The van der Waals surface area contributed by atoms with Gasteiger partial charge in [-0.25, -0.2) is 4.79 Å². The van der Waals surface area contributed by atoms with Crippen molar-refractivity contribution >= 4 is 11.9 Å². The van der Waals surface area contributed by atoms with Gasteiger partial charge >= 0.3 is 12.1 Å².